The minimum Gasteiger partial charge on any atom is -0.462 e. The molecule has 0 aromatic heterocycles. The summed E-state index contributed by atoms with van der Waals surface area (Å²) in [5.41, 5.74) is 0. The topological polar surface area (TPSA) is 26.3 Å². The largest absolute Gasteiger partial charge is 0.462 e. The molecule has 1 saturated carbocycles. The Hall–Kier alpha value is -0.530. The fourth-order valence-electron chi connectivity index (χ4n) is 3.43. The maximum atomic E-state index is 11.9. The first kappa shape index (κ1) is 19.5. The highest BCUT2D eigenvalue weighted by molar-refractivity contribution is 5.78. The van der Waals surface area contributed by atoms with Gasteiger partial charge in [0.05, 0.1) is 6.42 Å². The molecular formula is C20H37O2. The summed E-state index contributed by atoms with van der Waals surface area (Å²) in [6, 6.07) is 0. The lowest BCUT2D eigenvalue weighted by Gasteiger charge is -2.22. The Morgan fingerprint density at radius 2 is 1.59 bits per heavy atom. The molecule has 1 aliphatic carbocycles. The van der Waals surface area contributed by atoms with Gasteiger partial charge in [0.2, 0.25) is 0 Å². The van der Waals surface area contributed by atoms with Crippen LogP contribution >= 0.6 is 0 Å². The third-order valence-corrected chi connectivity index (χ3v) is 4.98. The van der Waals surface area contributed by atoms with Gasteiger partial charge < -0.3 is 4.74 Å². The Balaban J connectivity index is 2.00. The molecule has 129 valence electrons. The third kappa shape index (κ3) is 9.48. The van der Waals surface area contributed by atoms with Crippen LogP contribution in [0.25, 0.3) is 0 Å². The van der Waals surface area contributed by atoms with E-state index in [1.165, 1.54) is 77.0 Å². The van der Waals surface area contributed by atoms with Crippen LogP contribution in [0.3, 0.4) is 0 Å². The molecule has 0 aromatic rings. The number of rotatable bonds is 11. The van der Waals surface area contributed by atoms with Crippen molar-refractivity contribution in [3.8, 4) is 0 Å². The quantitative estimate of drug-likeness (QED) is 0.257. The molecule has 1 unspecified atom stereocenters. The molecule has 0 spiro atoms. The molecule has 22 heavy (non-hydrogen) atoms. The van der Waals surface area contributed by atoms with Gasteiger partial charge >= 0.3 is 5.97 Å². The Morgan fingerprint density at radius 1 is 1.00 bits per heavy atom. The van der Waals surface area contributed by atoms with Crippen molar-refractivity contribution in [2.45, 2.75) is 110 Å². The molecule has 1 radical (unpaired) electrons. The van der Waals surface area contributed by atoms with Crippen LogP contribution < -0.4 is 0 Å². The molecule has 0 aromatic carbocycles. The van der Waals surface area contributed by atoms with Gasteiger partial charge in [0, 0.05) is 0 Å². The maximum absolute atomic E-state index is 11.9. The maximum Gasteiger partial charge on any atom is 0.310 e. The van der Waals surface area contributed by atoms with Gasteiger partial charge in [-0.05, 0) is 32.1 Å². The number of hydrogen-bond donors (Lipinski definition) is 0. The summed E-state index contributed by atoms with van der Waals surface area (Å²) in [6.07, 6.45) is 19.5. The molecule has 0 amide bonds. The van der Waals surface area contributed by atoms with Gasteiger partial charge in [-0.2, -0.15) is 0 Å². The average molecular weight is 310 g/mol. The van der Waals surface area contributed by atoms with E-state index in [2.05, 4.69) is 13.8 Å². The summed E-state index contributed by atoms with van der Waals surface area (Å²) in [5, 5.41) is 0. The second kappa shape index (κ2) is 13.0. The van der Waals surface area contributed by atoms with Crippen molar-refractivity contribution in [2.75, 3.05) is 0 Å². The Labute approximate surface area is 138 Å². The molecule has 1 rings (SSSR count). The molecule has 0 aliphatic heterocycles. The molecule has 1 atom stereocenters. The zero-order chi connectivity index (χ0) is 16.0. The van der Waals surface area contributed by atoms with E-state index in [1.807, 2.05) is 0 Å². The highest BCUT2D eigenvalue weighted by atomic mass is 16.5. The fourth-order valence-corrected chi connectivity index (χ4v) is 3.43. The molecule has 0 bridgehead atoms. The van der Waals surface area contributed by atoms with Crippen LogP contribution in [0.1, 0.15) is 104 Å². The predicted octanol–water partition coefficient (Wildman–Crippen LogP) is 6.23. The van der Waals surface area contributed by atoms with Crippen molar-refractivity contribution < 1.29 is 9.53 Å². The molecule has 0 heterocycles. The van der Waals surface area contributed by atoms with Gasteiger partial charge in [-0.1, -0.05) is 77.6 Å². The van der Waals surface area contributed by atoms with E-state index in [0.717, 1.165) is 12.8 Å². The van der Waals surface area contributed by atoms with Crippen LogP contribution in [0, 0.1) is 12.3 Å². The van der Waals surface area contributed by atoms with Crippen LogP contribution in [0.4, 0.5) is 0 Å². The average Bonchev–Trinajstić information content (AvgIpc) is 2.79. The third-order valence-electron chi connectivity index (χ3n) is 4.98. The SMILES string of the molecule is CCCCCCCCC[CH]C(=O)OC(C)C1CCCCCC1. The zero-order valence-corrected chi connectivity index (χ0v) is 14.9. The normalized spacial score (nSPS) is 17.9. The minimum atomic E-state index is -0.0947. The van der Waals surface area contributed by atoms with E-state index in [9.17, 15) is 4.79 Å². The van der Waals surface area contributed by atoms with E-state index in [1.54, 1.807) is 6.42 Å². The molecular weight excluding hydrogens is 272 g/mol. The number of esters is 1. The lowest BCUT2D eigenvalue weighted by molar-refractivity contribution is -0.146. The fraction of sp³-hybridized carbons (Fsp3) is 0.900. The van der Waals surface area contributed by atoms with Crippen LogP contribution in [0.2, 0.25) is 0 Å². The molecule has 2 heteroatoms. The summed E-state index contributed by atoms with van der Waals surface area (Å²) >= 11 is 0. The molecule has 1 fully saturated rings. The van der Waals surface area contributed by atoms with Gasteiger partial charge in [-0.15, -0.1) is 0 Å². The van der Waals surface area contributed by atoms with Gasteiger partial charge in [0.15, 0.2) is 0 Å². The Morgan fingerprint density at radius 3 is 2.23 bits per heavy atom. The van der Waals surface area contributed by atoms with Crippen molar-refractivity contribution in [3.63, 3.8) is 0 Å². The van der Waals surface area contributed by atoms with E-state index in [4.69, 9.17) is 4.74 Å². The first-order chi connectivity index (χ1) is 10.7. The van der Waals surface area contributed by atoms with E-state index in [-0.39, 0.29) is 12.1 Å². The number of carbonyl (C=O) groups excluding carboxylic acids is 1. The summed E-state index contributed by atoms with van der Waals surface area (Å²) < 4.78 is 5.61. The molecule has 0 N–H and O–H groups in total. The Bertz CT molecular complexity index is 267. The van der Waals surface area contributed by atoms with Gasteiger partial charge in [0.1, 0.15) is 6.10 Å². The summed E-state index contributed by atoms with van der Waals surface area (Å²) in [5.74, 6) is 0.487. The monoisotopic (exact) mass is 309 g/mol. The minimum absolute atomic E-state index is 0.0934. The molecule has 2 nitrogen and oxygen atoms in total. The molecule has 0 saturated heterocycles. The van der Waals surface area contributed by atoms with E-state index < -0.39 is 0 Å². The van der Waals surface area contributed by atoms with E-state index >= 15 is 0 Å². The van der Waals surface area contributed by atoms with Gasteiger partial charge in [0.25, 0.3) is 0 Å². The number of unbranched alkanes of at least 4 members (excludes halogenated alkanes) is 7. The van der Waals surface area contributed by atoms with Crippen LogP contribution in [0.15, 0.2) is 0 Å². The summed E-state index contributed by atoms with van der Waals surface area (Å²) in [7, 11) is 0. The Kier molecular flexibility index (Phi) is 11.5. The standard InChI is InChI=1S/C20H37O2/c1-3-4-5-6-7-8-9-14-17-20(21)22-18(2)19-15-12-10-11-13-16-19/h17-19H,3-16H2,1-2H3. The van der Waals surface area contributed by atoms with Crippen LogP contribution in [0.5, 0.6) is 0 Å². The summed E-state index contributed by atoms with van der Waals surface area (Å²) in [4.78, 5) is 11.9. The lowest BCUT2D eigenvalue weighted by atomic mass is 9.95. The smallest absolute Gasteiger partial charge is 0.310 e. The van der Waals surface area contributed by atoms with Crippen molar-refractivity contribution in [3.05, 3.63) is 6.42 Å². The summed E-state index contributed by atoms with van der Waals surface area (Å²) in [6.45, 7) is 4.33. The second-order valence-corrected chi connectivity index (χ2v) is 7.01. The van der Waals surface area contributed by atoms with Crippen LogP contribution in [-0.2, 0) is 9.53 Å². The van der Waals surface area contributed by atoms with Crippen molar-refractivity contribution >= 4 is 5.97 Å². The van der Waals surface area contributed by atoms with Crippen molar-refractivity contribution in [2.24, 2.45) is 5.92 Å². The number of hydrogen-bond acceptors (Lipinski definition) is 2. The highest BCUT2D eigenvalue weighted by Crippen LogP contribution is 2.27. The van der Waals surface area contributed by atoms with Gasteiger partial charge in [-0.25, -0.2) is 0 Å². The zero-order valence-electron chi connectivity index (χ0n) is 14.9. The number of ether oxygens (including phenoxy) is 1. The molecule has 1 aliphatic rings. The highest BCUT2D eigenvalue weighted by Gasteiger charge is 2.22. The van der Waals surface area contributed by atoms with Crippen molar-refractivity contribution in [1.29, 1.82) is 0 Å². The van der Waals surface area contributed by atoms with E-state index in [0.29, 0.717) is 5.92 Å². The van der Waals surface area contributed by atoms with Crippen LogP contribution in [-0.4, -0.2) is 12.1 Å². The first-order valence-corrected chi connectivity index (χ1v) is 9.78. The van der Waals surface area contributed by atoms with Gasteiger partial charge in [-0.3, -0.25) is 4.79 Å². The number of carbonyl (C=O) groups is 1. The predicted molar refractivity (Wildman–Crippen MR) is 93.7 cm³/mol. The lowest BCUT2D eigenvalue weighted by Crippen LogP contribution is -2.24. The second-order valence-electron chi connectivity index (χ2n) is 7.01. The van der Waals surface area contributed by atoms with Crippen molar-refractivity contribution in [1.82, 2.24) is 0 Å². The first-order valence-electron chi connectivity index (χ1n) is 9.78.